The number of amides is 2. The fourth-order valence-electron chi connectivity index (χ4n) is 1.36. The number of anilines is 1. The molecule has 0 atom stereocenters. The third kappa shape index (κ3) is 3.89. The molecule has 1 aromatic rings. The molecule has 0 bridgehead atoms. The third-order valence-corrected chi connectivity index (χ3v) is 2.45. The van der Waals surface area contributed by atoms with Crippen molar-refractivity contribution in [2.75, 3.05) is 12.3 Å². The monoisotopic (exact) mass is 270 g/mol. The van der Waals surface area contributed by atoms with Crippen molar-refractivity contribution in [3.05, 3.63) is 24.0 Å². The first kappa shape index (κ1) is 14.2. The zero-order valence-electron chi connectivity index (χ0n) is 9.68. The van der Waals surface area contributed by atoms with Crippen LogP contribution in [0, 0.1) is 0 Å². The van der Waals surface area contributed by atoms with E-state index in [1.54, 1.807) is 6.07 Å². The highest BCUT2D eigenvalue weighted by Crippen LogP contribution is 2.18. The largest absolute Gasteiger partial charge is 0.398 e. The van der Waals surface area contributed by atoms with Gasteiger partial charge >= 0.3 is 0 Å². The molecule has 0 aliphatic heterocycles. The Morgan fingerprint density at radius 2 is 2.17 bits per heavy atom. The average Bonchev–Trinajstić information content (AvgIpc) is 3.10. The number of nitrogens with zero attached hydrogens (tertiary/aromatic N) is 1. The van der Waals surface area contributed by atoms with Crippen LogP contribution in [-0.2, 0) is 4.79 Å². The molecule has 1 fully saturated rings. The van der Waals surface area contributed by atoms with Crippen molar-refractivity contribution in [2.45, 2.75) is 18.9 Å². The minimum absolute atomic E-state index is 0. The van der Waals surface area contributed by atoms with Gasteiger partial charge in [0.1, 0.15) is 0 Å². The van der Waals surface area contributed by atoms with Crippen molar-refractivity contribution in [1.82, 2.24) is 15.6 Å². The summed E-state index contributed by atoms with van der Waals surface area (Å²) in [6.07, 6.45) is 4.93. The summed E-state index contributed by atoms with van der Waals surface area (Å²) in [6.45, 7) is -0.0380. The summed E-state index contributed by atoms with van der Waals surface area (Å²) < 4.78 is 0. The summed E-state index contributed by atoms with van der Waals surface area (Å²) in [5.74, 6) is -0.565. The first-order valence-corrected chi connectivity index (χ1v) is 5.44. The standard InChI is InChI=1S/C11H14N4O2.ClH/c12-9-3-4-13-5-8(9)11(17)14-6-10(16)15-7-1-2-7;/h3-5,7H,1-2,6H2,(H2,12,13)(H,14,17)(H,15,16);1H. The summed E-state index contributed by atoms with van der Waals surface area (Å²) in [5, 5.41) is 5.28. The number of carbonyl (C=O) groups excluding carboxylic acids is 2. The topological polar surface area (TPSA) is 97.1 Å². The van der Waals surface area contributed by atoms with Crippen LogP contribution in [-0.4, -0.2) is 29.4 Å². The quantitative estimate of drug-likeness (QED) is 0.722. The third-order valence-electron chi connectivity index (χ3n) is 2.45. The molecule has 2 amide bonds. The van der Waals surface area contributed by atoms with Gasteiger partial charge in [-0.25, -0.2) is 0 Å². The molecule has 7 heteroatoms. The van der Waals surface area contributed by atoms with Gasteiger partial charge in [0.2, 0.25) is 5.91 Å². The van der Waals surface area contributed by atoms with Crippen LogP contribution in [0.25, 0.3) is 0 Å². The minimum atomic E-state index is -0.387. The van der Waals surface area contributed by atoms with Crippen LogP contribution < -0.4 is 16.4 Å². The molecule has 4 N–H and O–H groups in total. The van der Waals surface area contributed by atoms with E-state index in [4.69, 9.17) is 5.73 Å². The van der Waals surface area contributed by atoms with Crippen LogP contribution in [0.15, 0.2) is 18.5 Å². The van der Waals surface area contributed by atoms with Gasteiger partial charge < -0.3 is 16.4 Å². The van der Waals surface area contributed by atoms with Crippen LogP contribution in [0.2, 0.25) is 0 Å². The number of hydrogen-bond donors (Lipinski definition) is 3. The normalized spacial score (nSPS) is 13.3. The van der Waals surface area contributed by atoms with E-state index in [0.717, 1.165) is 12.8 Å². The number of hydrogen-bond acceptors (Lipinski definition) is 4. The van der Waals surface area contributed by atoms with E-state index < -0.39 is 0 Å². The van der Waals surface area contributed by atoms with Gasteiger partial charge in [0, 0.05) is 24.1 Å². The maximum atomic E-state index is 11.7. The van der Waals surface area contributed by atoms with Gasteiger partial charge in [-0.05, 0) is 18.9 Å². The predicted octanol–water partition coefficient (Wildman–Crippen LogP) is 0.0940. The molecule has 0 saturated heterocycles. The molecule has 1 aliphatic rings. The molecule has 98 valence electrons. The number of halogens is 1. The average molecular weight is 271 g/mol. The highest BCUT2D eigenvalue weighted by Gasteiger charge is 2.23. The molecule has 0 aromatic carbocycles. The van der Waals surface area contributed by atoms with Crippen LogP contribution in [0.1, 0.15) is 23.2 Å². The highest BCUT2D eigenvalue weighted by molar-refractivity contribution is 6.00. The smallest absolute Gasteiger partial charge is 0.255 e. The maximum absolute atomic E-state index is 11.7. The number of nitrogen functional groups attached to an aromatic ring is 1. The molecular formula is C11H15ClN4O2. The summed E-state index contributed by atoms with van der Waals surface area (Å²) in [7, 11) is 0. The molecule has 6 nitrogen and oxygen atoms in total. The van der Waals surface area contributed by atoms with Gasteiger partial charge in [0.25, 0.3) is 5.91 Å². The lowest BCUT2D eigenvalue weighted by Gasteiger charge is -2.07. The van der Waals surface area contributed by atoms with E-state index in [1.807, 2.05) is 0 Å². The van der Waals surface area contributed by atoms with Crippen molar-refractivity contribution < 1.29 is 9.59 Å². The van der Waals surface area contributed by atoms with E-state index in [1.165, 1.54) is 12.4 Å². The molecule has 0 spiro atoms. The lowest BCUT2D eigenvalue weighted by atomic mass is 10.2. The minimum Gasteiger partial charge on any atom is -0.398 e. The zero-order valence-corrected chi connectivity index (χ0v) is 10.5. The molecular weight excluding hydrogens is 256 g/mol. The molecule has 0 radical (unpaired) electrons. The Hall–Kier alpha value is -1.82. The Morgan fingerprint density at radius 3 is 2.78 bits per heavy atom. The second-order valence-electron chi connectivity index (χ2n) is 3.99. The van der Waals surface area contributed by atoms with Gasteiger partial charge in [-0.3, -0.25) is 14.6 Å². The van der Waals surface area contributed by atoms with Gasteiger partial charge in [0.05, 0.1) is 12.1 Å². The van der Waals surface area contributed by atoms with Crippen molar-refractivity contribution in [3.8, 4) is 0 Å². The highest BCUT2D eigenvalue weighted by atomic mass is 35.5. The Morgan fingerprint density at radius 1 is 1.44 bits per heavy atom. The number of aromatic nitrogens is 1. The van der Waals surface area contributed by atoms with Crippen LogP contribution in [0.5, 0.6) is 0 Å². The molecule has 2 rings (SSSR count). The van der Waals surface area contributed by atoms with E-state index in [9.17, 15) is 9.59 Å². The Bertz CT molecular complexity index is 448. The lowest BCUT2D eigenvalue weighted by Crippen LogP contribution is -2.38. The lowest BCUT2D eigenvalue weighted by molar-refractivity contribution is -0.120. The van der Waals surface area contributed by atoms with Crippen molar-refractivity contribution in [1.29, 1.82) is 0 Å². The Balaban J connectivity index is 0.00000162. The van der Waals surface area contributed by atoms with E-state index in [0.29, 0.717) is 11.7 Å². The summed E-state index contributed by atoms with van der Waals surface area (Å²) in [5.41, 5.74) is 6.25. The number of nitrogens with one attached hydrogen (secondary N) is 2. The SMILES string of the molecule is Cl.Nc1ccncc1C(=O)NCC(=O)NC1CC1. The van der Waals surface area contributed by atoms with Crippen molar-refractivity contribution in [2.24, 2.45) is 0 Å². The fraction of sp³-hybridized carbons (Fsp3) is 0.364. The van der Waals surface area contributed by atoms with Crippen molar-refractivity contribution in [3.63, 3.8) is 0 Å². The second kappa shape index (κ2) is 6.20. The summed E-state index contributed by atoms with van der Waals surface area (Å²) >= 11 is 0. The van der Waals surface area contributed by atoms with E-state index in [-0.39, 0.29) is 36.3 Å². The second-order valence-corrected chi connectivity index (χ2v) is 3.99. The number of rotatable bonds is 4. The predicted molar refractivity (Wildman–Crippen MR) is 69.4 cm³/mol. The molecule has 1 heterocycles. The zero-order chi connectivity index (χ0) is 12.3. The van der Waals surface area contributed by atoms with Gasteiger partial charge in [-0.15, -0.1) is 12.4 Å². The Labute approximate surface area is 111 Å². The van der Waals surface area contributed by atoms with Gasteiger partial charge in [0.15, 0.2) is 0 Å². The van der Waals surface area contributed by atoms with Crippen LogP contribution in [0.4, 0.5) is 5.69 Å². The molecule has 1 saturated carbocycles. The molecule has 0 unspecified atom stereocenters. The van der Waals surface area contributed by atoms with E-state index >= 15 is 0 Å². The Kier molecular flexibility index (Phi) is 4.91. The summed E-state index contributed by atoms with van der Waals surface area (Å²) in [6, 6.07) is 1.84. The van der Waals surface area contributed by atoms with Crippen LogP contribution >= 0.6 is 12.4 Å². The first-order valence-electron chi connectivity index (χ1n) is 5.44. The van der Waals surface area contributed by atoms with Crippen molar-refractivity contribution >= 4 is 29.9 Å². The number of nitrogens with two attached hydrogens (primary N) is 1. The maximum Gasteiger partial charge on any atom is 0.255 e. The van der Waals surface area contributed by atoms with E-state index in [2.05, 4.69) is 15.6 Å². The first-order chi connectivity index (χ1) is 8.16. The molecule has 1 aliphatic carbocycles. The number of carbonyl (C=O) groups is 2. The van der Waals surface area contributed by atoms with Gasteiger partial charge in [-0.1, -0.05) is 0 Å². The summed E-state index contributed by atoms with van der Waals surface area (Å²) in [4.78, 5) is 26.8. The van der Waals surface area contributed by atoms with Crippen LogP contribution in [0.3, 0.4) is 0 Å². The number of pyridine rings is 1. The molecule has 18 heavy (non-hydrogen) atoms. The fourth-order valence-corrected chi connectivity index (χ4v) is 1.36. The molecule has 1 aromatic heterocycles. The van der Waals surface area contributed by atoms with Gasteiger partial charge in [-0.2, -0.15) is 0 Å².